The maximum absolute atomic E-state index is 11.7. The van der Waals surface area contributed by atoms with Gasteiger partial charge in [0.25, 0.3) is 0 Å². The van der Waals surface area contributed by atoms with Crippen LogP contribution in [0, 0.1) is 5.41 Å². The van der Waals surface area contributed by atoms with E-state index in [1.54, 1.807) is 0 Å². The Morgan fingerprint density at radius 1 is 1.53 bits per heavy atom. The monoisotopic (exact) mass is 242 g/mol. The first-order valence-corrected chi connectivity index (χ1v) is 5.86. The number of rotatable bonds is 4. The number of nitrogens with one attached hydrogen (secondary N) is 1. The highest BCUT2D eigenvalue weighted by molar-refractivity contribution is 6.04. The Morgan fingerprint density at radius 2 is 2.24 bits per heavy atom. The molecule has 1 atom stereocenters. The number of carbonyl (C=O) groups is 2. The molecule has 96 valence electrons. The summed E-state index contributed by atoms with van der Waals surface area (Å²) in [6.45, 7) is 2.70. The van der Waals surface area contributed by atoms with Gasteiger partial charge in [-0.2, -0.15) is 0 Å². The topological polar surface area (TPSA) is 78.9 Å². The molecular formula is C11H18N2O4. The van der Waals surface area contributed by atoms with Gasteiger partial charge in [-0.1, -0.05) is 0 Å². The number of nitrogens with zero attached hydrogens (tertiary/aromatic N) is 1. The fraction of sp³-hybridized carbons (Fsp3) is 0.818. The zero-order valence-electron chi connectivity index (χ0n) is 9.94. The van der Waals surface area contributed by atoms with Gasteiger partial charge in [0.15, 0.2) is 0 Å². The Hall–Kier alpha value is -1.14. The van der Waals surface area contributed by atoms with Crippen molar-refractivity contribution in [2.75, 3.05) is 33.3 Å². The van der Waals surface area contributed by atoms with E-state index in [0.29, 0.717) is 26.0 Å². The van der Waals surface area contributed by atoms with E-state index < -0.39 is 11.4 Å². The number of likely N-dealkylation sites (N-methyl/N-ethyl adjacent to an activating group) is 1. The minimum Gasteiger partial charge on any atom is -0.480 e. The van der Waals surface area contributed by atoms with Crippen LogP contribution in [0.5, 0.6) is 0 Å². The molecule has 1 aliphatic carbocycles. The Bertz CT molecular complexity index is 327. The standard InChI is InChI=1S/C11H18N2O4/c1-13-4-5-17-8(7-13)6-12-9(14)11(2-3-11)10(15)16/h8H,2-7H2,1H3,(H,12,14)(H,15,16). The van der Waals surface area contributed by atoms with Crippen molar-refractivity contribution in [1.29, 1.82) is 0 Å². The number of aliphatic carboxylic acids is 1. The van der Waals surface area contributed by atoms with Crippen molar-refractivity contribution in [3.05, 3.63) is 0 Å². The summed E-state index contributed by atoms with van der Waals surface area (Å²) in [5.41, 5.74) is -1.15. The third-order valence-corrected chi connectivity index (χ3v) is 3.43. The van der Waals surface area contributed by atoms with Crippen LogP contribution in [0.4, 0.5) is 0 Å². The first kappa shape index (κ1) is 12.3. The first-order valence-electron chi connectivity index (χ1n) is 5.86. The molecule has 1 amide bonds. The van der Waals surface area contributed by atoms with Gasteiger partial charge in [0.1, 0.15) is 5.41 Å². The second-order valence-corrected chi connectivity index (χ2v) is 4.85. The van der Waals surface area contributed by atoms with Crippen molar-refractivity contribution in [2.24, 2.45) is 5.41 Å². The molecule has 2 fully saturated rings. The van der Waals surface area contributed by atoms with Crippen LogP contribution in [0.2, 0.25) is 0 Å². The summed E-state index contributed by atoms with van der Waals surface area (Å²) < 4.78 is 5.49. The van der Waals surface area contributed by atoms with E-state index in [1.807, 2.05) is 7.05 Å². The molecule has 0 aromatic rings. The first-order chi connectivity index (χ1) is 8.04. The largest absolute Gasteiger partial charge is 0.480 e. The molecule has 2 rings (SSSR count). The zero-order chi connectivity index (χ0) is 12.5. The van der Waals surface area contributed by atoms with Crippen molar-refractivity contribution in [3.63, 3.8) is 0 Å². The molecule has 2 aliphatic rings. The molecule has 0 radical (unpaired) electrons. The minimum absolute atomic E-state index is 0.0395. The van der Waals surface area contributed by atoms with Gasteiger partial charge >= 0.3 is 5.97 Å². The number of morpholine rings is 1. The highest BCUT2D eigenvalue weighted by Crippen LogP contribution is 2.46. The maximum Gasteiger partial charge on any atom is 0.319 e. The van der Waals surface area contributed by atoms with E-state index >= 15 is 0 Å². The van der Waals surface area contributed by atoms with E-state index in [2.05, 4.69) is 10.2 Å². The molecule has 1 saturated heterocycles. The van der Waals surface area contributed by atoms with E-state index in [4.69, 9.17) is 9.84 Å². The van der Waals surface area contributed by atoms with Crippen LogP contribution in [0.25, 0.3) is 0 Å². The Balaban J connectivity index is 1.78. The van der Waals surface area contributed by atoms with E-state index in [-0.39, 0.29) is 12.0 Å². The van der Waals surface area contributed by atoms with Gasteiger partial charge in [0.2, 0.25) is 5.91 Å². The van der Waals surface area contributed by atoms with E-state index in [0.717, 1.165) is 13.1 Å². The summed E-state index contributed by atoms with van der Waals surface area (Å²) in [4.78, 5) is 24.8. The molecule has 1 unspecified atom stereocenters. The molecule has 1 aliphatic heterocycles. The van der Waals surface area contributed by atoms with E-state index in [9.17, 15) is 9.59 Å². The second kappa shape index (κ2) is 4.62. The highest BCUT2D eigenvalue weighted by Gasteiger charge is 2.57. The number of carbonyl (C=O) groups excluding carboxylic acids is 1. The van der Waals surface area contributed by atoms with Gasteiger partial charge in [-0.25, -0.2) is 0 Å². The lowest BCUT2D eigenvalue weighted by Crippen LogP contribution is -2.48. The summed E-state index contributed by atoms with van der Waals surface area (Å²) >= 11 is 0. The minimum atomic E-state index is -1.15. The normalized spacial score (nSPS) is 27.5. The smallest absolute Gasteiger partial charge is 0.319 e. The van der Waals surface area contributed by atoms with Crippen LogP contribution < -0.4 is 5.32 Å². The van der Waals surface area contributed by atoms with Gasteiger partial charge in [0.05, 0.1) is 12.7 Å². The summed E-state index contributed by atoms with van der Waals surface area (Å²) in [6, 6.07) is 0. The van der Waals surface area contributed by atoms with Crippen molar-refractivity contribution in [2.45, 2.75) is 18.9 Å². The summed E-state index contributed by atoms with van der Waals surface area (Å²) in [5, 5.41) is 11.6. The quantitative estimate of drug-likeness (QED) is 0.637. The molecule has 0 bridgehead atoms. The number of hydrogen-bond acceptors (Lipinski definition) is 4. The zero-order valence-corrected chi connectivity index (χ0v) is 9.94. The molecule has 17 heavy (non-hydrogen) atoms. The fourth-order valence-corrected chi connectivity index (χ4v) is 2.03. The van der Waals surface area contributed by atoms with Gasteiger partial charge in [-0.15, -0.1) is 0 Å². The average Bonchev–Trinajstić information content (AvgIpc) is 3.07. The summed E-state index contributed by atoms with van der Waals surface area (Å²) in [6.07, 6.45) is 0.849. The molecule has 0 aromatic carbocycles. The molecule has 0 spiro atoms. The van der Waals surface area contributed by atoms with Crippen molar-refractivity contribution in [1.82, 2.24) is 10.2 Å². The predicted octanol–water partition coefficient (Wildman–Crippen LogP) is -0.702. The summed E-state index contributed by atoms with van der Waals surface area (Å²) in [7, 11) is 2.00. The predicted molar refractivity (Wildman–Crippen MR) is 59.5 cm³/mol. The fourth-order valence-electron chi connectivity index (χ4n) is 2.03. The third-order valence-electron chi connectivity index (χ3n) is 3.43. The van der Waals surface area contributed by atoms with Crippen LogP contribution in [0.3, 0.4) is 0 Å². The van der Waals surface area contributed by atoms with Gasteiger partial charge in [0, 0.05) is 19.6 Å². The SMILES string of the molecule is CN1CCOC(CNC(=O)C2(C(=O)O)CC2)C1. The van der Waals surface area contributed by atoms with Crippen LogP contribution in [0.15, 0.2) is 0 Å². The van der Waals surface area contributed by atoms with Crippen LogP contribution in [-0.4, -0.2) is 61.3 Å². The van der Waals surface area contributed by atoms with Crippen molar-refractivity contribution >= 4 is 11.9 Å². The molecule has 2 N–H and O–H groups in total. The lowest BCUT2D eigenvalue weighted by molar-refractivity contribution is -0.149. The summed E-state index contributed by atoms with van der Waals surface area (Å²) in [5.74, 6) is -1.39. The molecule has 1 heterocycles. The molecule has 6 heteroatoms. The Kier molecular flexibility index (Phi) is 3.35. The van der Waals surface area contributed by atoms with Gasteiger partial charge in [-0.3, -0.25) is 9.59 Å². The van der Waals surface area contributed by atoms with Gasteiger partial charge in [-0.05, 0) is 19.9 Å². The second-order valence-electron chi connectivity index (χ2n) is 4.85. The molecular weight excluding hydrogens is 224 g/mol. The lowest BCUT2D eigenvalue weighted by Gasteiger charge is -2.30. The van der Waals surface area contributed by atoms with Crippen molar-refractivity contribution in [3.8, 4) is 0 Å². The van der Waals surface area contributed by atoms with Gasteiger partial charge < -0.3 is 20.1 Å². The number of ether oxygens (including phenoxy) is 1. The third kappa shape index (κ3) is 2.58. The molecule has 1 saturated carbocycles. The number of hydrogen-bond donors (Lipinski definition) is 2. The van der Waals surface area contributed by atoms with Crippen molar-refractivity contribution < 1.29 is 19.4 Å². The molecule has 6 nitrogen and oxygen atoms in total. The lowest BCUT2D eigenvalue weighted by atomic mass is 10.1. The van der Waals surface area contributed by atoms with Crippen LogP contribution >= 0.6 is 0 Å². The number of amides is 1. The Morgan fingerprint density at radius 3 is 2.76 bits per heavy atom. The molecule has 0 aromatic heterocycles. The Labute approximate surface area is 99.9 Å². The highest BCUT2D eigenvalue weighted by atomic mass is 16.5. The number of carboxylic acid groups (broad SMARTS) is 1. The van der Waals surface area contributed by atoms with Crippen LogP contribution in [0.1, 0.15) is 12.8 Å². The average molecular weight is 242 g/mol. The maximum atomic E-state index is 11.7. The van der Waals surface area contributed by atoms with E-state index in [1.165, 1.54) is 0 Å². The number of carboxylic acids is 1. The van der Waals surface area contributed by atoms with Crippen LogP contribution in [-0.2, 0) is 14.3 Å².